The Labute approximate surface area is 184 Å². The normalized spacial score (nSPS) is 13.7. The van der Waals surface area contributed by atoms with Gasteiger partial charge in [-0.05, 0) is 36.7 Å². The molecule has 1 aromatic carbocycles. The van der Waals surface area contributed by atoms with Gasteiger partial charge in [-0.3, -0.25) is 9.69 Å². The van der Waals surface area contributed by atoms with Crippen molar-refractivity contribution in [3.8, 4) is 0 Å². The summed E-state index contributed by atoms with van der Waals surface area (Å²) in [6.07, 6.45) is 4.28. The molecule has 0 spiro atoms. The van der Waals surface area contributed by atoms with Crippen molar-refractivity contribution >= 4 is 23.2 Å². The van der Waals surface area contributed by atoms with Crippen molar-refractivity contribution in [1.29, 1.82) is 0 Å². The highest BCUT2D eigenvalue weighted by Gasteiger charge is 2.27. The van der Waals surface area contributed by atoms with Crippen LogP contribution in [0.3, 0.4) is 0 Å². The highest BCUT2D eigenvalue weighted by Crippen LogP contribution is 2.24. The first-order valence-electron chi connectivity index (χ1n) is 10.2. The van der Waals surface area contributed by atoms with Crippen LogP contribution in [-0.2, 0) is 26.1 Å². The molecule has 0 atom stereocenters. The fourth-order valence-electron chi connectivity index (χ4n) is 4.11. The summed E-state index contributed by atoms with van der Waals surface area (Å²) >= 11 is 6.26. The van der Waals surface area contributed by atoms with Gasteiger partial charge in [0.1, 0.15) is 5.65 Å². The Morgan fingerprint density at radius 1 is 1.16 bits per heavy atom. The molecule has 0 saturated carbocycles. The molecule has 0 saturated heterocycles. The van der Waals surface area contributed by atoms with Gasteiger partial charge in [-0.2, -0.15) is 0 Å². The van der Waals surface area contributed by atoms with Gasteiger partial charge in [0.15, 0.2) is 11.5 Å². The maximum Gasteiger partial charge on any atom is 0.274 e. The molecule has 158 valence electrons. The minimum absolute atomic E-state index is 0.0580. The molecule has 31 heavy (non-hydrogen) atoms. The Kier molecular flexibility index (Phi) is 5.21. The number of aromatic nitrogens is 3. The monoisotopic (exact) mass is 435 g/mol. The summed E-state index contributed by atoms with van der Waals surface area (Å²) < 4.78 is 7.13. The molecule has 1 aliphatic rings. The molecule has 0 N–H and O–H groups in total. The molecule has 7 nitrogen and oxygen atoms in total. The third-order valence-electron chi connectivity index (χ3n) is 5.64. The number of amides is 1. The van der Waals surface area contributed by atoms with Gasteiger partial charge in [-0.15, -0.1) is 0 Å². The Morgan fingerprint density at radius 2 is 2.00 bits per heavy atom. The Balaban J connectivity index is 1.47. The first-order chi connectivity index (χ1) is 15.1. The number of benzene rings is 1. The van der Waals surface area contributed by atoms with Crippen LogP contribution in [0.5, 0.6) is 0 Å². The van der Waals surface area contributed by atoms with E-state index >= 15 is 0 Å². The number of fused-ring (bicyclic) bond motifs is 2. The molecule has 0 fully saturated rings. The minimum Gasteiger partial charge on any atom is -0.360 e. The molecule has 0 bridgehead atoms. The van der Waals surface area contributed by atoms with Crippen LogP contribution in [0.4, 0.5) is 0 Å². The first-order valence-corrected chi connectivity index (χ1v) is 10.6. The summed E-state index contributed by atoms with van der Waals surface area (Å²) in [5.74, 6) is 0.701. The van der Waals surface area contributed by atoms with Crippen LogP contribution < -0.4 is 0 Å². The fourth-order valence-corrected chi connectivity index (χ4v) is 4.27. The maximum absolute atomic E-state index is 13.6. The highest BCUT2D eigenvalue weighted by molar-refractivity contribution is 6.30. The predicted molar refractivity (Wildman–Crippen MR) is 117 cm³/mol. The van der Waals surface area contributed by atoms with E-state index in [1.807, 2.05) is 46.8 Å². The van der Waals surface area contributed by atoms with E-state index in [0.717, 1.165) is 17.9 Å². The van der Waals surface area contributed by atoms with E-state index in [2.05, 4.69) is 27.2 Å². The summed E-state index contributed by atoms with van der Waals surface area (Å²) in [5.41, 5.74) is 4.47. The summed E-state index contributed by atoms with van der Waals surface area (Å²) in [7, 11) is 1.97. The van der Waals surface area contributed by atoms with E-state index < -0.39 is 0 Å². The molecule has 5 rings (SSSR count). The van der Waals surface area contributed by atoms with E-state index in [0.29, 0.717) is 42.5 Å². The Bertz CT molecular complexity index is 1230. The molecular weight excluding hydrogens is 414 g/mol. The van der Waals surface area contributed by atoms with E-state index in [9.17, 15) is 4.79 Å². The SMILES string of the molecule is CN(Cc1ccno1)Cc1c(C(=O)N2CCc3ccccc3C2)nc2ccc(Cl)cn12. The summed E-state index contributed by atoms with van der Waals surface area (Å²) in [5, 5.41) is 4.35. The average Bonchev–Trinajstić information content (AvgIpc) is 3.41. The molecule has 4 aromatic rings. The van der Waals surface area contributed by atoms with Crippen LogP contribution in [-0.4, -0.2) is 43.8 Å². The van der Waals surface area contributed by atoms with Gasteiger partial charge in [0.25, 0.3) is 5.91 Å². The molecule has 0 aliphatic carbocycles. The van der Waals surface area contributed by atoms with Crippen molar-refractivity contribution in [3.05, 3.63) is 88.2 Å². The standard InChI is InChI=1S/C23H22ClN5O2/c1-27(14-19-8-10-25-31-19)15-20-22(26-21-7-6-18(24)13-29(20)21)23(30)28-11-9-16-4-2-3-5-17(16)12-28/h2-8,10,13H,9,11-12,14-15H2,1H3. The summed E-state index contributed by atoms with van der Waals surface area (Å²) in [4.78, 5) is 22.2. The van der Waals surface area contributed by atoms with Gasteiger partial charge in [0, 0.05) is 31.9 Å². The van der Waals surface area contributed by atoms with Gasteiger partial charge in [0.05, 0.1) is 23.5 Å². The number of hydrogen-bond donors (Lipinski definition) is 0. The summed E-state index contributed by atoms with van der Waals surface area (Å²) in [6, 6.07) is 13.7. The molecule has 0 unspecified atom stereocenters. The van der Waals surface area contributed by atoms with Gasteiger partial charge in [-0.1, -0.05) is 41.0 Å². The van der Waals surface area contributed by atoms with Crippen molar-refractivity contribution in [1.82, 2.24) is 24.3 Å². The third kappa shape index (κ3) is 3.94. The zero-order valence-electron chi connectivity index (χ0n) is 17.2. The highest BCUT2D eigenvalue weighted by atomic mass is 35.5. The van der Waals surface area contributed by atoms with Gasteiger partial charge < -0.3 is 13.8 Å². The van der Waals surface area contributed by atoms with Crippen molar-refractivity contribution < 1.29 is 9.32 Å². The Hall–Kier alpha value is -3.16. The lowest BCUT2D eigenvalue weighted by atomic mass is 9.99. The van der Waals surface area contributed by atoms with E-state index in [1.54, 1.807) is 12.3 Å². The van der Waals surface area contributed by atoms with Crippen molar-refractivity contribution in [2.75, 3.05) is 13.6 Å². The first kappa shape index (κ1) is 19.8. The van der Waals surface area contributed by atoms with Crippen molar-refractivity contribution in [3.63, 3.8) is 0 Å². The van der Waals surface area contributed by atoms with E-state index in [4.69, 9.17) is 16.1 Å². The van der Waals surface area contributed by atoms with Crippen LogP contribution in [0.15, 0.2) is 59.4 Å². The van der Waals surface area contributed by atoms with Crippen LogP contribution >= 0.6 is 11.6 Å². The number of halogens is 1. The number of rotatable bonds is 5. The third-order valence-corrected chi connectivity index (χ3v) is 5.86. The number of nitrogens with zero attached hydrogens (tertiary/aromatic N) is 5. The molecule has 1 aliphatic heterocycles. The topological polar surface area (TPSA) is 66.9 Å². The number of hydrogen-bond acceptors (Lipinski definition) is 5. The van der Waals surface area contributed by atoms with Gasteiger partial charge >= 0.3 is 0 Å². The van der Waals surface area contributed by atoms with Crippen LogP contribution in [0, 0.1) is 0 Å². The van der Waals surface area contributed by atoms with E-state index in [-0.39, 0.29) is 5.91 Å². The molecular formula is C23H22ClN5O2. The second-order valence-corrected chi connectivity index (χ2v) is 8.32. The lowest BCUT2D eigenvalue weighted by molar-refractivity contribution is 0.0727. The Morgan fingerprint density at radius 3 is 2.81 bits per heavy atom. The zero-order chi connectivity index (χ0) is 21.4. The van der Waals surface area contributed by atoms with Gasteiger partial charge in [0.2, 0.25) is 0 Å². The summed E-state index contributed by atoms with van der Waals surface area (Å²) in [6.45, 7) is 2.35. The lowest BCUT2D eigenvalue weighted by Gasteiger charge is -2.28. The van der Waals surface area contributed by atoms with Crippen molar-refractivity contribution in [2.45, 2.75) is 26.1 Å². The minimum atomic E-state index is -0.0580. The van der Waals surface area contributed by atoms with Crippen LogP contribution in [0.2, 0.25) is 5.02 Å². The second-order valence-electron chi connectivity index (χ2n) is 7.88. The van der Waals surface area contributed by atoms with Crippen LogP contribution in [0.25, 0.3) is 5.65 Å². The number of pyridine rings is 1. The molecule has 3 aromatic heterocycles. The number of carbonyl (C=O) groups is 1. The average molecular weight is 436 g/mol. The smallest absolute Gasteiger partial charge is 0.274 e. The largest absolute Gasteiger partial charge is 0.360 e. The van der Waals surface area contributed by atoms with Gasteiger partial charge in [-0.25, -0.2) is 4.98 Å². The quantitative estimate of drug-likeness (QED) is 0.477. The molecule has 1 amide bonds. The van der Waals surface area contributed by atoms with Crippen molar-refractivity contribution in [2.24, 2.45) is 0 Å². The second kappa shape index (κ2) is 8.17. The maximum atomic E-state index is 13.6. The predicted octanol–water partition coefficient (Wildman–Crippen LogP) is 3.81. The molecule has 4 heterocycles. The lowest BCUT2D eigenvalue weighted by Crippen LogP contribution is -2.37. The molecule has 0 radical (unpaired) electrons. The zero-order valence-corrected chi connectivity index (χ0v) is 17.9. The molecule has 8 heteroatoms. The fraction of sp³-hybridized carbons (Fsp3) is 0.261. The van der Waals surface area contributed by atoms with E-state index in [1.165, 1.54) is 11.1 Å². The van der Waals surface area contributed by atoms with Crippen LogP contribution in [0.1, 0.15) is 33.1 Å². The number of carbonyl (C=O) groups excluding carboxylic acids is 1. The number of imidazole rings is 1.